The lowest BCUT2D eigenvalue weighted by Crippen LogP contribution is -2.45. The van der Waals surface area contributed by atoms with Crippen molar-refractivity contribution < 1.29 is 9.90 Å². The van der Waals surface area contributed by atoms with E-state index in [1.165, 1.54) is 29.8 Å². The fourth-order valence-corrected chi connectivity index (χ4v) is 4.48. The molecule has 0 saturated carbocycles. The molecule has 2 heterocycles. The molecule has 0 amide bonds. The Morgan fingerprint density at radius 2 is 1.96 bits per heavy atom. The second-order valence-corrected chi connectivity index (χ2v) is 8.96. The summed E-state index contributed by atoms with van der Waals surface area (Å²) in [6, 6.07) is 5.07. The highest BCUT2D eigenvalue weighted by Crippen LogP contribution is 2.30. The number of benzene rings is 1. The second kappa shape index (κ2) is 6.93. The number of aromatic nitrogens is 2. The Hall–Kier alpha value is -1.89. The van der Waals surface area contributed by atoms with Crippen LogP contribution in [0, 0.1) is 13.8 Å². The van der Waals surface area contributed by atoms with Gasteiger partial charge in [0.1, 0.15) is 16.2 Å². The van der Waals surface area contributed by atoms with Crippen LogP contribution in [0.15, 0.2) is 23.0 Å². The zero-order chi connectivity index (χ0) is 20.1. The molecule has 0 aliphatic carbocycles. The summed E-state index contributed by atoms with van der Waals surface area (Å²) in [4.78, 5) is 31.4. The van der Waals surface area contributed by atoms with E-state index in [0.29, 0.717) is 31.6 Å². The van der Waals surface area contributed by atoms with Gasteiger partial charge in [0.05, 0.1) is 5.39 Å². The molecule has 3 aromatic rings. The average Bonchev–Trinajstić information content (AvgIpc) is 2.84. The lowest BCUT2D eigenvalue weighted by Gasteiger charge is -2.26. The maximum Gasteiger partial charge on any atom is 0.329 e. The van der Waals surface area contributed by atoms with Crippen LogP contribution in [-0.2, 0) is 16.8 Å². The van der Waals surface area contributed by atoms with Crippen LogP contribution in [-0.4, -0.2) is 20.6 Å². The second-order valence-electron chi connectivity index (χ2n) is 6.91. The molecule has 2 aromatic heterocycles. The summed E-state index contributed by atoms with van der Waals surface area (Å²) < 4.78 is 1.27. The van der Waals surface area contributed by atoms with Crippen molar-refractivity contribution in [1.29, 1.82) is 0 Å². The first kappa shape index (κ1) is 19.9. The number of carbonyl (C=O) groups is 1. The van der Waals surface area contributed by atoms with Gasteiger partial charge in [-0.05, 0) is 51.0 Å². The van der Waals surface area contributed by atoms with Crippen molar-refractivity contribution >= 4 is 50.7 Å². The molecule has 0 bridgehead atoms. The molecule has 0 atom stereocenters. The Morgan fingerprint density at radius 1 is 1.30 bits per heavy atom. The monoisotopic (exact) mass is 424 g/mol. The zero-order valence-corrected chi connectivity index (χ0v) is 17.6. The predicted octanol–water partition coefficient (Wildman–Crippen LogP) is 4.79. The third kappa shape index (κ3) is 3.37. The smallest absolute Gasteiger partial charge is 0.329 e. The molecule has 0 spiro atoms. The van der Waals surface area contributed by atoms with E-state index in [1.807, 2.05) is 13.8 Å². The first-order valence-electron chi connectivity index (χ1n) is 8.23. The van der Waals surface area contributed by atoms with Crippen LogP contribution in [0.25, 0.3) is 10.2 Å². The quantitative estimate of drug-likeness (QED) is 0.652. The van der Waals surface area contributed by atoms with Gasteiger partial charge in [-0.1, -0.05) is 29.3 Å². The highest BCUT2D eigenvalue weighted by atomic mass is 35.5. The third-order valence-corrected chi connectivity index (χ3v) is 6.41. The Bertz CT molecular complexity index is 1130. The van der Waals surface area contributed by atoms with Gasteiger partial charge >= 0.3 is 5.97 Å². The average molecular weight is 425 g/mol. The number of carboxylic acids is 1. The van der Waals surface area contributed by atoms with E-state index in [1.54, 1.807) is 18.2 Å². The molecule has 0 fully saturated rings. The van der Waals surface area contributed by atoms with Gasteiger partial charge in [-0.2, -0.15) is 0 Å². The van der Waals surface area contributed by atoms with Crippen molar-refractivity contribution in [3.8, 4) is 0 Å². The van der Waals surface area contributed by atoms with Crippen LogP contribution in [0.3, 0.4) is 0 Å². The topological polar surface area (TPSA) is 72.2 Å². The Morgan fingerprint density at radius 3 is 2.56 bits per heavy atom. The van der Waals surface area contributed by atoms with Gasteiger partial charge in [0.2, 0.25) is 0 Å². The van der Waals surface area contributed by atoms with Crippen molar-refractivity contribution in [3.05, 3.63) is 60.4 Å². The number of hydrogen-bond donors (Lipinski definition) is 1. The van der Waals surface area contributed by atoms with E-state index >= 15 is 0 Å². The molecule has 1 N–H and O–H groups in total. The molecule has 0 aliphatic heterocycles. The fraction of sp³-hybridized carbons (Fsp3) is 0.316. The number of aliphatic carboxylic acids is 1. The van der Waals surface area contributed by atoms with E-state index in [2.05, 4.69) is 4.98 Å². The minimum absolute atomic E-state index is 0.216. The summed E-state index contributed by atoms with van der Waals surface area (Å²) in [6.45, 7) is 6.76. The highest BCUT2D eigenvalue weighted by molar-refractivity contribution is 7.18. The number of fused-ring (bicyclic) bond motifs is 1. The van der Waals surface area contributed by atoms with Crippen molar-refractivity contribution in [2.75, 3.05) is 0 Å². The first-order chi connectivity index (χ1) is 12.5. The minimum atomic E-state index is -1.46. The molecule has 8 heteroatoms. The van der Waals surface area contributed by atoms with Gasteiger partial charge < -0.3 is 5.11 Å². The number of halogens is 2. The molecule has 3 rings (SSSR count). The van der Waals surface area contributed by atoms with Crippen molar-refractivity contribution in [1.82, 2.24) is 9.55 Å². The van der Waals surface area contributed by atoms with E-state index < -0.39 is 11.5 Å². The number of aryl methyl sites for hydroxylation is 2. The Labute approximate surface area is 170 Å². The molecular weight excluding hydrogens is 407 g/mol. The number of thiophene rings is 1. The van der Waals surface area contributed by atoms with Crippen LogP contribution < -0.4 is 5.56 Å². The molecule has 0 unspecified atom stereocenters. The SMILES string of the molecule is Cc1sc2nc(Cc3ccc(Cl)cc3Cl)n(C(C)(C)C(=O)O)c(=O)c2c1C. The minimum Gasteiger partial charge on any atom is -0.480 e. The maximum absolute atomic E-state index is 13.3. The summed E-state index contributed by atoms with van der Waals surface area (Å²) in [5.41, 5.74) is -0.269. The lowest BCUT2D eigenvalue weighted by atomic mass is 10.0. The molecule has 0 saturated heterocycles. The van der Waals surface area contributed by atoms with Gasteiger partial charge in [-0.15, -0.1) is 11.3 Å². The molecule has 5 nitrogen and oxygen atoms in total. The first-order valence-corrected chi connectivity index (χ1v) is 9.80. The number of nitrogens with zero attached hydrogens (tertiary/aromatic N) is 2. The molecular formula is C19H18Cl2N2O3S. The third-order valence-electron chi connectivity index (χ3n) is 4.72. The van der Waals surface area contributed by atoms with Crippen molar-refractivity contribution in [2.24, 2.45) is 0 Å². The van der Waals surface area contributed by atoms with Gasteiger partial charge in [0.25, 0.3) is 5.56 Å². The molecule has 0 aliphatic rings. The number of carboxylic acid groups (broad SMARTS) is 1. The largest absolute Gasteiger partial charge is 0.480 e. The van der Waals surface area contributed by atoms with Gasteiger partial charge in [-0.25, -0.2) is 9.78 Å². The molecule has 27 heavy (non-hydrogen) atoms. The lowest BCUT2D eigenvalue weighted by molar-refractivity contribution is -0.146. The normalized spacial score (nSPS) is 11.9. The Balaban J connectivity index is 2.33. The maximum atomic E-state index is 13.3. The predicted molar refractivity (Wildman–Crippen MR) is 110 cm³/mol. The standard InChI is InChI=1S/C19H18Cl2N2O3S/c1-9-10(2)27-16-15(9)17(24)23(19(3,4)18(25)26)14(22-16)7-11-5-6-12(20)8-13(11)21/h5-6,8H,7H2,1-4H3,(H,25,26). The van der Waals surface area contributed by atoms with E-state index in [4.69, 9.17) is 23.2 Å². The van der Waals surface area contributed by atoms with E-state index in [9.17, 15) is 14.7 Å². The van der Waals surface area contributed by atoms with E-state index in [0.717, 1.165) is 10.4 Å². The summed E-state index contributed by atoms with van der Waals surface area (Å²) in [5, 5.41) is 11.1. The molecule has 0 radical (unpaired) electrons. The van der Waals surface area contributed by atoms with Gasteiger partial charge in [-0.3, -0.25) is 9.36 Å². The molecule has 1 aromatic carbocycles. The van der Waals surface area contributed by atoms with Crippen LogP contribution in [0.4, 0.5) is 0 Å². The number of rotatable bonds is 4. The van der Waals surface area contributed by atoms with Crippen LogP contribution >= 0.6 is 34.5 Å². The van der Waals surface area contributed by atoms with E-state index in [-0.39, 0.29) is 12.0 Å². The van der Waals surface area contributed by atoms with Crippen molar-refractivity contribution in [3.63, 3.8) is 0 Å². The fourth-order valence-electron chi connectivity index (χ4n) is 2.96. The Kier molecular flexibility index (Phi) is 5.10. The zero-order valence-electron chi connectivity index (χ0n) is 15.3. The summed E-state index contributed by atoms with van der Waals surface area (Å²) in [6.07, 6.45) is 0.216. The van der Waals surface area contributed by atoms with Crippen LogP contribution in [0.1, 0.15) is 35.7 Å². The highest BCUT2D eigenvalue weighted by Gasteiger charge is 2.34. The number of hydrogen-bond acceptors (Lipinski definition) is 4. The van der Waals surface area contributed by atoms with Gasteiger partial charge in [0, 0.05) is 21.3 Å². The van der Waals surface area contributed by atoms with Crippen molar-refractivity contribution in [2.45, 2.75) is 39.7 Å². The summed E-state index contributed by atoms with van der Waals surface area (Å²) in [5.74, 6) is -0.760. The molecule has 142 valence electrons. The van der Waals surface area contributed by atoms with Crippen LogP contribution in [0.5, 0.6) is 0 Å². The summed E-state index contributed by atoms with van der Waals surface area (Å²) in [7, 11) is 0. The summed E-state index contributed by atoms with van der Waals surface area (Å²) >= 11 is 13.7. The van der Waals surface area contributed by atoms with Gasteiger partial charge in [0.15, 0.2) is 0 Å². The van der Waals surface area contributed by atoms with Crippen LogP contribution in [0.2, 0.25) is 10.0 Å².